The van der Waals surface area contributed by atoms with Gasteiger partial charge in [0.15, 0.2) is 0 Å². The topological polar surface area (TPSA) is 45.7 Å². The van der Waals surface area contributed by atoms with Crippen LogP contribution in [0.5, 0.6) is 0 Å². The quantitative estimate of drug-likeness (QED) is 0.252. The zero-order chi connectivity index (χ0) is 17.0. The van der Waals surface area contributed by atoms with Gasteiger partial charge in [-0.15, -0.1) is 0 Å². The van der Waals surface area contributed by atoms with Crippen molar-refractivity contribution in [2.45, 2.75) is 0 Å². The van der Waals surface area contributed by atoms with Crippen molar-refractivity contribution < 1.29 is 29.1 Å². The van der Waals surface area contributed by atoms with Gasteiger partial charge in [0.1, 0.15) is 11.2 Å². The number of nitriles is 1. The van der Waals surface area contributed by atoms with E-state index in [0.29, 0.717) is 5.56 Å². The average Bonchev–Trinajstić information content (AvgIpc) is 3.17. The SMILES string of the molecule is C[n+]1[c-]n(-c2[c-]cccc2)c2cc3oc4ccc(C#N)cc4c3cc21.[Ir]. The van der Waals surface area contributed by atoms with Gasteiger partial charge in [-0.25, -0.2) is 0 Å². The molecule has 26 heavy (non-hydrogen) atoms. The summed E-state index contributed by atoms with van der Waals surface area (Å²) in [6.45, 7) is 0. The van der Waals surface area contributed by atoms with Crippen LogP contribution in [0.2, 0.25) is 0 Å². The molecule has 2 aromatic heterocycles. The molecule has 2 heterocycles. The fraction of sp³-hybridized carbons (Fsp3) is 0.0476. The molecule has 4 nitrogen and oxygen atoms in total. The number of hydrogen-bond donors (Lipinski definition) is 0. The monoisotopic (exact) mass is 515 g/mol. The van der Waals surface area contributed by atoms with Crippen LogP contribution in [0.25, 0.3) is 38.7 Å². The molecule has 0 unspecified atom stereocenters. The van der Waals surface area contributed by atoms with Crippen molar-refractivity contribution in [3.8, 4) is 11.8 Å². The molecule has 0 N–H and O–H groups in total. The second-order valence-electron chi connectivity index (χ2n) is 6.00. The van der Waals surface area contributed by atoms with Crippen molar-refractivity contribution in [1.29, 1.82) is 5.26 Å². The van der Waals surface area contributed by atoms with E-state index in [2.05, 4.69) is 24.5 Å². The number of hydrogen-bond acceptors (Lipinski definition) is 2. The molecule has 0 aliphatic heterocycles. The van der Waals surface area contributed by atoms with Crippen LogP contribution in [0.4, 0.5) is 0 Å². The molecule has 0 spiro atoms. The van der Waals surface area contributed by atoms with Crippen LogP contribution in [0.1, 0.15) is 5.56 Å². The number of rotatable bonds is 1. The molecular weight excluding hydrogens is 502 g/mol. The minimum atomic E-state index is 0. The Morgan fingerprint density at radius 2 is 1.92 bits per heavy atom. The molecule has 0 aliphatic carbocycles. The van der Waals surface area contributed by atoms with E-state index in [1.807, 2.05) is 58.6 Å². The van der Waals surface area contributed by atoms with Crippen LogP contribution in [-0.4, -0.2) is 4.57 Å². The summed E-state index contributed by atoms with van der Waals surface area (Å²) in [6.07, 6.45) is 3.31. The number of imidazole rings is 1. The predicted molar refractivity (Wildman–Crippen MR) is 94.1 cm³/mol. The standard InChI is InChI=1S/C21H12N3O.Ir/c1-23-13-24(15-5-3-2-4-6-15)19-11-21-17(10-18(19)23)16-9-14(12-22)7-8-20(16)25-21;/h2-5,7-11H,1H3;/q-1;. The van der Waals surface area contributed by atoms with Crippen LogP contribution < -0.4 is 4.57 Å². The van der Waals surface area contributed by atoms with Gasteiger partial charge >= 0.3 is 0 Å². The van der Waals surface area contributed by atoms with Crippen LogP contribution in [0.3, 0.4) is 0 Å². The maximum absolute atomic E-state index is 9.16. The molecule has 127 valence electrons. The van der Waals surface area contributed by atoms with Crippen molar-refractivity contribution in [2.24, 2.45) is 7.05 Å². The van der Waals surface area contributed by atoms with Gasteiger partial charge in [0, 0.05) is 30.9 Å². The smallest absolute Gasteiger partial charge is 0.242 e. The van der Waals surface area contributed by atoms with E-state index in [1.165, 1.54) is 0 Å². The molecule has 0 amide bonds. The minimum absolute atomic E-state index is 0. The van der Waals surface area contributed by atoms with Gasteiger partial charge in [-0.05, 0) is 24.3 Å². The maximum atomic E-state index is 9.16. The first-order valence-corrected chi connectivity index (χ1v) is 7.92. The molecule has 5 heteroatoms. The summed E-state index contributed by atoms with van der Waals surface area (Å²) in [5, 5.41) is 11.1. The summed E-state index contributed by atoms with van der Waals surface area (Å²) in [5.74, 6) is 0. The number of fused-ring (bicyclic) bond motifs is 4. The third-order valence-electron chi connectivity index (χ3n) is 4.48. The summed E-state index contributed by atoms with van der Waals surface area (Å²) in [6, 6.07) is 22.8. The molecule has 0 saturated heterocycles. The number of aryl methyl sites for hydroxylation is 1. The molecule has 5 rings (SSSR count). The molecule has 0 fully saturated rings. The maximum Gasteiger partial charge on any atom is 0.242 e. The first kappa shape index (κ1) is 16.5. The Morgan fingerprint density at radius 3 is 2.69 bits per heavy atom. The summed E-state index contributed by atoms with van der Waals surface area (Å²) in [7, 11) is 1.97. The third kappa shape index (κ3) is 2.35. The van der Waals surface area contributed by atoms with E-state index in [9.17, 15) is 0 Å². The van der Waals surface area contributed by atoms with Crippen molar-refractivity contribution in [2.75, 3.05) is 0 Å². The van der Waals surface area contributed by atoms with Crippen molar-refractivity contribution in [3.63, 3.8) is 0 Å². The number of benzene rings is 3. The van der Waals surface area contributed by atoms with Crippen molar-refractivity contribution >= 4 is 33.0 Å². The molecule has 0 aliphatic rings. The summed E-state index contributed by atoms with van der Waals surface area (Å²) >= 11 is 0. The number of para-hydroxylation sites is 1. The van der Waals surface area contributed by atoms with Crippen molar-refractivity contribution in [3.05, 3.63) is 72.6 Å². The van der Waals surface area contributed by atoms with Gasteiger partial charge in [-0.1, -0.05) is 11.8 Å². The Bertz CT molecular complexity index is 1310. The predicted octanol–water partition coefficient (Wildman–Crippen LogP) is 3.82. The average molecular weight is 515 g/mol. The number of nitrogens with zero attached hydrogens (tertiary/aromatic N) is 3. The van der Waals surface area contributed by atoms with Gasteiger partial charge in [0.05, 0.1) is 29.7 Å². The first-order valence-electron chi connectivity index (χ1n) is 7.92. The zero-order valence-corrected chi connectivity index (χ0v) is 16.2. The van der Waals surface area contributed by atoms with Gasteiger partial charge in [0.25, 0.3) is 0 Å². The number of furan rings is 1. The Morgan fingerprint density at radius 1 is 1.08 bits per heavy atom. The van der Waals surface area contributed by atoms with Crippen LogP contribution in [0, 0.1) is 23.7 Å². The third-order valence-corrected chi connectivity index (χ3v) is 4.48. The Labute approximate surface area is 163 Å². The number of aromatic nitrogens is 2. The zero-order valence-electron chi connectivity index (χ0n) is 13.8. The minimum Gasteiger partial charge on any atom is -0.457 e. The summed E-state index contributed by atoms with van der Waals surface area (Å²) in [5.41, 5.74) is 5.16. The fourth-order valence-corrected chi connectivity index (χ4v) is 3.28. The summed E-state index contributed by atoms with van der Waals surface area (Å²) < 4.78 is 9.94. The second-order valence-corrected chi connectivity index (χ2v) is 6.00. The van der Waals surface area contributed by atoms with E-state index >= 15 is 0 Å². The Hall–Kier alpha value is -2.93. The first-order chi connectivity index (χ1) is 12.2. The van der Waals surface area contributed by atoms with E-state index in [0.717, 1.165) is 38.7 Å². The van der Waals surface area contributed by atoms with Crippen LogP contribution >= 0.6 is 0 Å². The van der Waals surface area contributed by atoms with E-state index in [4.69, 9.17) is 9.68 Å². The second kappa shape index (κ2) is 6.10. The van der Waals surface area contributed by atoms with Gasteiger partial charge in [-0.2, -0.15) is 35.6 Å². The summed E-state index contributed by atoms with van der Waals surface area (Å²) in [4.78, 5) is 0. The molecule has 5 aromatic rings. The molecule has 1 radical (unpaired) electrons. The van der Waals surface area contributed by atoms with Crippen LogP contribution in [0.15, 0.2) is 59.0 Å². The Balaban J connectivity index is 0.00000168. The molecule has 0 saturated carbocycles. The fourth-order valence-electron chi connectivity index (χ4n) is 3.28. The Kier molecular flexibility index (Phi) is 3.88. The van der Waals surface area contributed by atoms with E-state index in [-0.39, 0.29) is 20.1 Å². The van der Waals surface area contributed by atoms with E-state index in [1.54, 1.807) is 6.07 Å². The van der Waals surface area contributed by atoms with Gasteiger partial charge in [-0.3, -0.25) is 0 Å². The van der Waals surface area contributed by atoms with Gasteiger partial charge in [0.2, 0.25) is 6.33 Å². The molecular formula is C21H12IrN3O-. The molecule has 3 aromatic carbocycles. The normalized spacial score (nSPS) is 10.9. The van der Waals surface area contributed by atoms with E-state index < -0.39 is 0 Å². The van der Waals surface area contributed by atoms with Crippen LogP contribution in [-0.2, 0) is 27.2 Å². The molecule has 0 atom stereocenters. The van der Waals surface area contributed by atoms with Gasteiger partial charge < -0.3 is 13.6 Å². The van der Waals surface area contributed by atoms with Crippen molar-refractivity contribution in [1.82, 2.24) is 4.57 Å². The molecule has 0 bridgehead atoms. The largest absolute Gasteiger partial charge is 0.457 e.